The van der Waals surface area contributed by atoms with Crippen molar-refractivity contribution >= 4 is 11.8 Å². The van der Waals surface area contributed by atoms with Crippen molar-refractivity contribution < 1.29 is 9.59 Å². The van der Waals surface area contributed by atoms with Crippen LogP contribution in [0.2, 0.25) is 0 Å². The van der Waals surface area contributed by atoms with Crippen molar-refractivity contribution in [3.63, 3.8) is 0 Å². The third-order valence-electron chi connectivity index (χ3n) is 6.00. The fourth-order valence-corrected chi connectivity index (χ4v) is 3.88. The fraction of sp³-hybridized carbons (Fsp3) is 0.600. The summed E-state index contributed by atoms with van der Waals surface area (Å²) in [6.07, 6.45) is 3.15. The molecule has 1 aromatic carbocycles. The Hall–Kier alpha value is -1.88. The van der Waals surface area contributed by atoms with Crippen LogP contribution in [0.3, 0.4) is 0 Å². The average Bonchev–Trinajstić information content (AvgIpc) is 2.64. The lowest BCUT2D eigenvalue weighted by Crippen LogP contribution is -2.56. The van der Waals surface area contributed by atoms with Gasteiger partial charge in [0, 0.05) is 19.5 Å². The van der Waals surface area contributed by atoms with Crippen molar-refractivity contribution in [2.24, 2.45) is 5.41 Å². The van der Waals surface area contributed by atoms with E-state index in [1.807, 2.05) is 30.3 Å². The maximum Gasteiger partial charge on any atom is 0.232 e. The number of hydrogen-bond acceptors (Lipinski definition) is 3. The zero-order chi connectivity index (χ0) is 17.9. The smallest absolute Gasteiger partial charge is 0.232 e. The Bertz CT molecular complexity index is 611. The molecule has 5 nitrogen and oxygen atoms in total. The van der Waals surface area contributed by atoms with Gasteiger partial charge < -0.3 is 15.5 Å². The number of nitrogens with zero attached hydrogens (tertiary/aromatic N) is 1. The molecule has 0 saturated carbocycles. The zero-order valence-corrected chi connectivity index (χ0v) is 15.3. The van der Waals surface area contributed by atoms with Gasteiger partial charge in [0.15, 0.2) is 0 Å². The highest BCUT2D eigenvalue weighted by molar-refractivity contribution is 5.91. The van der Waals surface area contributed by atoms with Crippen molar-refractivity contribution in [2.45, 2.75) is 38.0 Å². The number of carbonyl (C=O) groups excluding carboxylic acids is 2. The van der Waals surface area contributed by atoms with Crippen molar-refractivity contribution in [1.29, 1.82) is 0 Å². The minimum atomic E-state index is -0.656. The standard InChI is InChI=1S/C20H29N3O2/c1-19(10-12-23(2)13-11-19)14-22-18(25)20(9-8-17(24)21-15-20)16-6-4-3-5-7-16/h3-7H,8-15H2,1-2H3,(H,21,24)(H,22,25). The highest BCUT2D eigenvalue weighted by Crippen LogP contribution is 2.33. The van der Waals surface area contributed by atoms with Crippen LogP contribution in [0.4, 0.5) is 0 Å². The van der Waals surface area contributed by atoms with Crippen LogP contribution in [-0.4, -0.2) is 49.9 Å². The molecule has 3 rings (SSSR count). The van der Waals surface area contributed by atoms with E-state index in [4.69, 9.17) is 0 Å². The lowest BCUT2D eigenvalue weighted by atomic mass is 9.73. The minimum absolute atomic E-state index is 0.0293. The molecule has 5 heteroatoms. The summed E-state index contributed by atoms with van der Waals surface area (Å²) in [7, 11) is 2.15. The topological polar surface area (TPSA) is 61.4 Å². The van der Waals surface area contributed by atoms with E-state index in [9.17, 15) is 9.59 Å². The van der Waals surface area contributed by atoms with Crippen molar-refractivity contribution in [2.75, 3.05) is 33.2 Å². The molecule has 2 N–H and O–H groups in total. The van der Waals surface area contributed by atoms with Crippen LogP contribution in [0.25, 0.3) is 0 Å². The van der Waals surface area contributed by atoms with Crippen LogP contribution in [0.1, 0.15) is 38.2 Å². The normalized spacial score (nSPS) is 26.7. The molecule has 2 aliphatic rings. The predicted octanol–water partition coefficient (Wildman–Crippen LogP) is 1.68. The number of rotatable bonds is 4. The Morgan fingerprint density at radius 1 is 1.20 bits per heavy atom. The second kappa shape index (κ2) is 7.16. The van der Waals surface area contributed by atoms with Gasteiger partial charge in [0.05, 0.1) is 5.41 Å². The first-order valence-electron chi connectivity index (χ1n) is 9.23. The molecule has 2 fully saturated rings. The van der Waals surface area contributed by atoms with E-state index in [1.54, 1.807) is 0 Å². The van der Waals surface area contributed by atoms with Gasteiger partial charge in [0.25, 0.3) is 0 Å². The maximum absolute atomic E-state index is 13.2. The number of carbonyl (C=O) groups is 2. The first-order valence-corrected chi connectivity index (χ1v) is 9.23. The average molecular weight is 343 g/mol. The van der Waals surface area contributed by atoms with E-state index in [2.05, 4.69) is 29.5 Å². The molecule has 0 spiro atoms. The minimum Gasteiger partial charge on any atom is -0.355 e. The molecule has 1 unspecified atom stereocenters. The summed E-state index contributed by atoms with van der Waals surface area (Å²) in [6, 6.07) is 9.86. The summed E-state index contributed by atoms with van der Waals surface area (Å²) in [5.74, 6) is 0.0699. The molecule has 1 atom stereocenters. The van der Waals surface area contributed by atoms with Crippen LogP contribution in [0.15, 0.2) is 30.3 Å². The van der Waals surface area contributed by atoms with Crippen molar-refractivity contribution in [1.82, 2.24) is 15.5 Å². The number of benzene rings is 1. The Labute approximate surface area is 150 Å². The molecule has 1 aromatic rings. The fourth-order valence-electron chi connectivity index (χ4n) is 3.88. The highest BCUT2D eigenvalue weighted by Gasteiger charge is 2.43. The van der Waals surface area contributed by atoms with E-state index in [1.165, 1.54) is 0 Å². The van der Waals surface area contributed by atoms with Crippen LogP contribution in [0.5, 0.6) is 0 Å². The monoisotopic (exact) mass is 343 g/mol. The number of amides is 2. The van der Waals surface area contributed by atoms with E-state index in [-0.39, 0.29) is 17.2 Å². The molecular weight excluding hydrogens is 314 g/mol. The maximum atomic E-state index is 13.2. The van der Waals surface area contributed by atoms with Crippen molar-refractivity contribution in [3.05, 3.63) is 35.9 Å². The highest BCUT2D eigenvalue weighted by atomic mass is 16.2. The SMILES string of the molecule is CN1CCC(C)(CNC(=O)C2(c3ccccc3)CCC(=O)NC2)CC1. The number of likely N-dealkylation sites (tertiary alicyclic amines) is 1. The Morgan fingerprint density at radius 2 is 1.88 bits per heavy atom. The largest absolute Gasteiger partial charge is 0.355 e. The summed E-state index contributed by atoms with van der Waals surface area (Å²) >= 11 is 0. The van der Waals surface area contributed by atoms with Gasteiger partial charge in [-0.1, -0.05) is 37.3 Å². The molecule has 0 radical (unpaired) electrons. The van der Waals surface area contributed by atoms with E-state index in [0.29, 0.717) is 25.9 Å². The lowest BCUT2D eigenvalue weighted by molar-refractivity contribution is -0.131. The first kappa shape index (κ1) is 17.9. The third kappa shape index (κ3) is 3.87. The zero-order valence-electron chi connectivity index (χ0n) is 15.3. The van der Waals surface area contributed by atoms with Crippen LogP contribution >= 0.6 is 0 Å². The molecule has 2 amide bonds. The summed E-state index contributed by atoms with van der Waals surface area (Å²) in [6.45, 7) is 5.49. The second-order valence-electron chi connectivity index (χ2n) is 8.02. The number of piperidine rings is 2. The molecule has 136 valence electrons. The van der Waals surface area contributed by atoms with Gasteiger partial charge in [0.1, 0.15) is 0 Å². The van der Waals surface area contributed by atoms with Gasteiger partial charge in [-0.05, 0) is 50.4 Å². The number of nitrogens with one attached hydrogen (secondary N) is 2. The van der Waals surface area contributed by atoms with Crippen LogP contribution in [0, 0.1) is 5.41 Å². The molecule has 0 aliphatic carbocycles. The molecule has 25 heavy (non-hydrogen) atoms. The molecule has 0 aromatic heterocycles. The second-order valence-corrected chi connectivity index (χ2v) is 8.02. The van der Waals surface area contributed by atoms with E-state index < -0.39 is 5.41 Å². The van der Waals surface area contributed by atoms with Crippen LogP contribution in [-0.2, 0) is 15.0 Å². The molecule has 0 bridgehead atoms. The Balaban J connectivity index is 1.73. The first-order chi connectivity index (χ1) is 11.9. The molecule has 2 heterocycles. The van der Waals surface area contributed by atoms with Gasteiger partial charge in [-0.25, -0.2) is 0 Å². The Morgan fingerprint density at radius 3 is 2.48 bits per heavy atom. The van der Waals surface area contributed by atoms with Gasteiger partial charge in [-0.3, -0.25) is 9.59 Å². The van der Waals surface area contributed by atoms with Crippen LogP contribution < -0.4 is 10.6 Å². The van der Waals surface area contributed by atoms with E-state index in [0.717, 1.165) is 31.5 Å². The summed E-state index contributed by atoms with van der Waals surface area (Å²) in [4.78, 5) is 27.2. The third-order valence-corrected chi connectivity index (χ3v) is 6.00. The van der Waals surface area contributed by atoms with Gasteiger partial charge in [-0.15, -0.1) is 0 Å². The summed E-state index contributed by atoms with van der Waals surface area (Å²) in [5, 5.41) is 6.12. The van der Waals surface area contributed by atoms with Gasteiger partial charge in [0.2, 0.25) is 11.8 Å². The van der Waals surface area contributed by atoms with E-state index >= 15 is 0 Å². The summed E-state index contributed by atoms with van der Waals surface area (Å²) < 4.78 is 0. The Kier molecular flexibility index (Phi) is 5.13. The number of hydrogen-bond donors (Lipinski definition) is 2. The summed E-state index contributed by atoms with van der Waals surface area (Å²) in [5.41, 5.74) is 0.482. The van der Waals surface area contributed by atoms with Gasteiger partial charge in [-0.2, -0.15) is 0 Å². The molecule has 2 aliphatic heterocycles. The van der Waals surface area contributed by atoms with Gasteiger partial charge >= 0.3 is 0 Å². The quantitative estimate of drug-likeness (QED) is 0.874. The van der Waals surface area contributed by atoms with Crippen molar-refractivity contribution in [3.8, 4) is 0 Å². The molecule has 2 saturated heterocycles. The molecular formula is C20H29N3O2. The predicted molar refractivity (Wildman–Crippen MR) is 98.2 cm³/mol. The lowest BCUT2D eigenvalue weighted by Gasteiger charge is -2.40.